The van der Waals surface area contributed by atoms with E-state index in [1.165, 1.54) is 0 Å². The minimum absolute atomic E-state index is 0.161. The molecule has 0 bridgehead atoms. The lowest BCUT2D eigenvalue weighted by atomic mass is 10.2. The number of fused-ring (bicyclic) bond motifs is 2. The molecule has 1 saturated carbocycles. The number of aromatic nitrogens is 2. The van der Waals surface area contributed by atoms with Crippen LogP contribution in [0.2, 0.25) is 0 Å². The SMILES string of the molecule is CCCCOP(=O)(CN1C(=O)c2cccnc2N(C2CC2)c2nccc(C)c21)OCCCC. The minimum atomic E-state index is -3.58. The lowest BCUT2D eigenvalue weighted by molar-refractivity contribution is 0.0987. The number of carbonyl (C=O) groups is 1. The first kappa shape index (κ1) is 23.9. The van der Waals surface area contributed by atoms with Gasteiger partial charge in [0.2, 0.25) is 0 Å². The maximum atomic E-state index is 13.9. The largest absolute Gasteiger partial charge is 0.350 e. The Balaban J connectivity index is 1.78. The molecule has 0 saturated heterocycles. The number of unbranched alkanes of at least 4 members (excludes halogenated alkanes) is 2. The Morgan fingerprint density at radius 1 is 1.03 bits per heavy atom. The third kappa shape index (κ3) is 5.13. The maximum absolute atomic E-state index is 13.9. The van der Waals surface area contributed by atoms with Gasteiger partial charge in [-0.15, -0.1) is 0 Å². The van der Waals surface area contributed by atoms with E-state index in [1.807, 2.05) is 26.8 Å². The summed E-state index contributed by atoms with van der Waals surface area (Å²) in [6.45, 7) is 6.69. The van der Waals surface area contributed by atoms with E-state index in [-0.39, 0.29) is 18.2 Å². The zero-order valence-corrected chi connectivity index (χ0v) is 20.6. The molecule has 1 amide bonds. The van der Waals surface area contributed by atoms with Crippen molar-refractivity contribution in [1.82, 2.24) is 9.97 Å². The Morgan fingerprint density at radius 3 is 2.33 bits per heavy atom. The zero-order valence-electron chi connectivity index (χ0n) is 19.7. The van der Waals surface area contributed by atoms with Gasteiger partial charge in [-0.2, -0.15) is 0 Å². The molecule has 0 N–H and O–H groups in total. The van der Waals surface area contributed by atoms with Crippen molar-refractivity contribution in [2.45, 2.75) is 65.3 Å². The summed E-state index contributed by atoms with van der Waals surface area (Å²) < 4.78 is 25.5. The average Bonchev–Trinajstić information content (AvgIpc) is 3.64. The van der Waals surface area contributed by atoms with E-state index in [0.29, 0.717) is 36.1 Å². The van der Waals surface area contributed by atoms with E-state index in [9.17, 15) is 9.36 Å². The molecule has 2 aromatic rings. The highest BCUT2D eigenvalue weighted by atomic mass is 31.2. The fraction of sp³-hybridized carbons (Fsp3) is 0.542. The predicted molar refractivity (Wildman–Crippen MR) is 129 cm³/mol. The second-order valence-corrected chi connectivity index (χ2v) is 10.7. The van der Waals surface area contributed by atoms with Gasteiger partial charge in [-0.05, 0) is 56.4 Å². The maximum Gasteiger partial charge on any atom is 0.350 e. The van der Waals surface area contributed by atoms with Crippen molar-refractivity contribution in [2.24, 2.45) is 0 Å². The number of aryl methyl sites for hydroxylation is 1. The van der Waals surface area contributed by atoms with Crippen LogP contribution in [-0.2, 0) is 13.6 Å². The molecule has 1 aliphatic heterocycles. The molecule has 178 valence electrons. The standard InChI is InChI=1S/C24H33N4O4P/c1-4-6-15-31-33(30,32-16-7-5-2)17-27-21-18(3)12-14-26-23(21)28(19-10-11-19)22-20(24(27)29)9-8-13-25-22/h8-9,12-14,19H,4-7,10-11,15-17H2,1-3H3. The Bertz CT molecular complexity index is 1030. The third-order valence-corrected chi connectivity index (χ3v) is 7.67. The summed E-state index contributed by atoms with van der Waals surface area (Å²) in [4.78, 5) is 26.7. The summed E-state index contributed by atoms with van der Waals surface area (Å²) in [5.41, 5.74) is 1.99. The van der Waals surface area contributed by atoms with Crippen molar-refractivity contribution in [3.8, 4) is 0 Å². The smallest absolute Gasteiger partial charge is 0.307 e. The molecule has 2 aliphatic rings. The van der Waals surface area contributed by atoms with Crippen molar-refractivity contribution in [1.29, 1.82) is 0 Å². The highest BCUT2D eigenvalue weighted by molar-refractivity contribution is 7.54. The number of rotatable bonds is 11. The Morgan fingerprint density at radius 2 is 1.70 bits per heavy atom. The molecule has 8 nitrogen and oxygen atoms in total. The molecule has 0 atom stereocenters. The highest BCUT2D eigenvalue weighted by Crippen LogP contribution is 2.53. The fourth-order valence-corrected chi connectivity index (χ4v) is 5.62. The Kier molecular flexibility index (Phi) is 7.47. The second kappa shape index (κ2) is 10.3. The average molecular weight is 473 g/mol. The molecular formula is C24H33N4O4P. The van der Waals surface area contributed by atoms with Crippen LogP contribution in [0, 0.1) is 6.92 Å². The van der Waals surface area contributed by atoms with Gasteiger partial charge in [-0.1, -0.05) is 26.7 Å². The predicted octanol–water partition coefficient (Wildman–Crippen LogP) is 5.83. The van der Waals surface area contributed by atoms with Gasteiger partial charge in [-0.3, -0.25) is 14.3 Å². The van der Waals surface area contributed by atoms with Crippen molar-refractivity contribution in [3.63, 3.8) is 0 Å². The van der Waals surface area contributed by atoms with Gasteiger partial charge in [0.25, 0.3) is 5.91 Å². The van der Waals surface area contributed by atoms with E-state index in [4.69, 9.17) is 9.05 Å². The molecule has 4 rings (SSSR count). The van der Waals surface area contributed by atoms with E-state index < -0.39 is 7.60 Å². The molecule has 0 radical (unpaired) electrons. The van der Waals surface area contributed by atoms with Crippen LogP contribution in [0.1, 0.15) is 68.3 Å². The molecule has 2 aromatic heterocycles. The minimum Gasteiger partial charge on any atom is -0.307 e. The van der Waals surface area contributed by atoms with Crippen LogP contribution >= 0.6 is 7.60 Å². The van der Waals surface area contributed by atoms with E-state index in [1.54, 1.807) is 29.4 Å². The molecular weight excluding hydrogens is 439 g/mol. The van der Waals surface area contributed by atoms with Crippen LogP contribution in [0.15, 0.2) is 30.6 Å². The monoisotopic (exact) mass is 472 g/mol. The van der Waals surface area contributed by atoms with Crippen LogP contribution in [0.25, 0.3) is 0 Å². The lowest BCUT2D eigenvalue weighted by Crippen LogP contribution is -2.33. The van der Waals surface area contributed by atoms with Gasteiger partial charge in [0.1, 0.15) is 12.1 Å². The van der Waals surface area contributed by atoms with E-state index >= 15 is 0 Å². The zero-order chi connectivity index (χ0) is 23.4. The fourth-order valence-electron chi connectivity index (χ4n) is 3.95. The van der Waals surface area contributed by atoms with Crippen molar-refractivity contribution < 1.29 is 18.4 Å². The Hall–Kier alpha value is -2.28. The van der Waals surface area contributed by atoms with Crippen molar-refractivity contribution in [2.75, 3.05) is 29.3 Å². The summed E-state index contributed by atoms with van der Waals surface area (Å²) >= 11 is 0. The van der Waals surface area contributed by atoms with Crippen LogP contribution in [0.5, 0.6) is 0 Å². The molecule has 0 unspecified atom stereocenters. The summed E-state index contributed by atoms with van der Waals surface area (Å²) in [5.74, 6) is 0.995. The summed E-state index contributed by atoms with van der Waals surface area (Å²) in [5, 5.41) is 0. The first-order valence-electron chi connectivity index (χ1n) is 11.9. The van der Waals surface area contributed by atoms with E-state index in [0.717, 1.165) is 44.1 Å². The van der Waals surface area contributed by atoms with Gasteiger partial charge >= 0.3 is 7.60 Å². The number of anilines is 3. The molecule has 0 aromatic carbocycles. The first-order chi connectivity index (χ1) is 16.0. The number of carbonyl (C=O) groups excluding carboxylic acids is 1. The Labute approximate surface area is 195 Å². The molecule has 0 spiro atoms. The van der Waals surface area contributed by atoms with Gasteiger partial charge in [0, 0.05) is 18.4 Å². The van der Waals surface area contributed by atoms with Gasteiger partial charge in [0.15, 0.2) is 5.82 Å². The number of pyridine rings is 2. The second-order valence-electron chi connectivity index (χ2n) is 8.63. The molecule has 1 fully saturated rings. The first-order valence-corrected chi connectivity index (χ1v) is 13.6. The van der Waals surface area contributed by atoms with Crippen LogP contribution in [0.4, 0.5) is 17.3 Å². The normalized spacial score (nSPS) is 15.9. The number of hydrogen-bond acceptors (Lipinski definition) is 7. The molecule has 33 heavy (non-hydrogen) atoms. The summed E-state index contributed by atoms with van der Waals surface area (Å²) in [6, 6.07) is 5.64. The molecule has 1 aliphatic carbocycles. The third-order valence-electron chi connectivity index (χ3n) is 5.89. The van der Waals surface area contributed by atoms with E-state index in [2.05, 4.69) is 14.9 Å². The van der Waals surface area contributed by atoms with Crippen LogP contribution in [0.3, 0.4) is 0 Å². The van der Waals surface area contributed by atoms with Gasteiger partial charge in [-0.25, -0.2) is 9.97 Å². The quantitative estimate of drug-likeness (QED) is 0.300. The van der Waals surface area contributed by atoms with Crippen molar-refractivity contribution in [3.05, 3.63) is 41.7 Å². The number of amides is 1. The highest BCUT2D eigenvalue weighted by Gasteiger charge is 2.43. The number of nitrogens with zero attached hydrogens (tertiary/aromatic N) is 4. The van der Waals surface area contributed by atoms with Crippen LogP contribution in [-0.4, -0.2) is 41.4 Å². The van der Waals surface area contributed by atoms with Gasteiger partial charge in [0.05, 0.1) is 24.5 Å². The molecule has 9 heteroatoms. The number of hydrogen-bond donors (Lipinski definition) is 0. The summed E-state index contributed by atoms with van der Waals surface area (Å²) in [7, 11) is -3.58. The van der Waals surface area contributed by atoms with Crippen LogP contribution < -0.4 is 9.80 Å². The van der Waals surface area contributed by atoms with Crippen molar-refractivity contribution >= 4 is 30.8 Å². The topological polar surface area (TPSA) is 84.9 Å². The lowest BCUT2D eigenvalue weighted by Gasteiger charge is -2.29. The summed E-state index contributed by atoms with van der Waals surface area (Å²) in [6.07, 6.45) is 8.68. The van der Waals surface area contributed by atoms with Gasteiger partial charge < -0.3 is 13.9 Å². The molecule has 3 heterocycles.